The summed E-state index contributed by atoms with van der Waals surface area (Å²) in [6.07, 6.45) is 1.69. The van der Waals surface area contributed by atoms with Gasteiger partial charge in [-0.2, -0.15) is 0 Å². The second kappa shape index (κ2) is 3.84. The first-order valence-electron chi connectivity index (χ1n) is 4.57. The Morgan fingerprint density at radius 1 is 1.57 bits per heavy atom. The van der Waals surface area contributed by atoms with Gasteiger partial charge in [-0.25, -0.2) is 4.98 Å². The van der Waals surface area contributed by atoms with Gasteiger partial charge in [-0.05, 0) is 32.4 Å². The molecule has 1 aromatic rings. The topological polar surface area (TPSA) is 71.2 Å². The molecule has 0 bridgehead atoms. The minimum absolute atomic E-state index is 0.424. The number of hydrogen-bond acceptors (Lipinski definition) is 4. The molecule has 0 aromatic carbocycles. The zero-order chi connectivity index (χ0) is 10.8. The minimum Gasteiger partial charge on any atom is -0.396 e. The smallest absolute Gasteiger partial charge is 0.149 e. The molecule has 0 atom stereocenters. The van der Waals surface area contributed by atoms with Crippen LogP contribution >= 0.6 is 0 Å². The minimum atomic E-state index is -0.766. The Morgan fingerprint density at radius 3 is 2.79 bits per heavy atom. The Kier molecular flexibility index (Phi) is 2.96. The average molecular weight is 195 g/mol. The highest BCUT2D eigenvalue weighted by atomic mass is 16.3. The van der Waals surface area contributed by atoms with E-state index in [0.29, 0.717) is 18.1 Å². The van der Waals surface area contributed by atoms with Crippen molar-refractivity contribution in [3.05, 3.63) is 17.8 Å². The molecule has 1 rings (SSSR count). The lowest BCUT2D eigenvalue weighted by Crippen LogP contribution is -2.29. The lowest BCUT2D eigenvalue weighted by atomic mass is 10.1. The van der Waals surface area contributed by atoms with Crippen LogP contribution in [0.25, 0.3) is 0 Å². The van der Waals surface area contributed by atoms with E-state index in [1.807, 2.05) is 13.0 Å². The molecule has 4 nitrogen and oxygen atoms in total. The van der Waals surface area contributed by atoms with Gasteiger partial charge < -0.3 is 16.2 Å². The van der Waals surface area contributed by atoms with Crippen molar-refractivity contribution >= 4 is 11.5 Å². The van der Waals surface area contributed by atoms with Crippen molar-refractivity contribution in [2.24, 2.45) is 0 Å². The number of nitrogens with zero attached hydrogens (tertiary/aromatic N) is 1. The van der Waals surface area contributed by atoms with Gasteiger partial charge in [-0.3, -0.25) is 0 Å². The van der Waals surface area contributed by atoms with Crippen molar-refractivity contribution < 1.29 is 5.11 Å². The Morgan fingerprint density at radius 2 is 2.21 bits per heavy atom. The van der Waals surface area contributed by atoms with Gasteiger partial charge in [0.25, 0.3) is 0 Å². The normalized spacial score (nSPS) is 11.4. The monoisotopic (exact) mass is 195 g/mol. The fraction of sp³-hybridized carbons (Fsp3) is 0.500. The van der Waals surface area contributed by atoms with Crippen LogP contribution in [0.3, 0.4) is 0 Å². The van der Waals surface area contributed by atoms with Crippen molar-refractivity contribution in [1.82, 2.24) is 4.98 Å². The third-order valence-electron chi connectivity index (χ3n) is 1.90. The molecule has 0 unspecified atom stereocenters. The summed E-state index contributed by atoms with van der Waals surface area (Å²) in [5.41, 5.74) is 6.66. The molecule has 0 aliphatic heterocycles. The van der Waals surface area contributed by atoms with Crippen LogP contribution in [-0.2, 0) is 0 Å². The maximum absolute atomic E-state index is 9.51. The average Bonchev–Trinajstić information content (AvgIpc) is 2.06. The SMILES string of the molecule is Cc1ccnc(NCC(C)(C)O)c1N. The predicted molar refractivity (Wildman–Crippen MR) is 58.2 cm³/mol. The number of nitrogens with one attached hydrogen (secondary N) is 1. The molecular formula is C10H17N3O. The molecule has 1 heterocycles. The number of aliphatic hydroxyl groups is 1. The van der Waals surface area contributed by atoms with E-state index >= 15 is 0 Å². The number of aryl methyl sites for hydroxylation is 1. The van der Waals surface area contributed by atoms with Gasteiger partial charge in [0.05, 0.1) is 11.3 Å². The summed E-state index contributed by atoms with van der Waals surface area (Å²) < 4.78 is 0. The summed E-state index contributed by atoms with van der Waals surface area (Å²) in [6.45, 7) is 5.80. The zero-order valence-electron chi connectivity index (χ0n) is 8.83. The van der Waals surface area contributed by atoms with Crippen LogP contribution in [0.4, 0.5) is 11.5 Å². The molecule has 4 N–H and O–H groups in total. The van der Waals surface area contributed by atoms with Gasteiger partial charge in [-0.1, -0.05) is 0 Å². The molecule has 0 aliphatic carbocycles. The first kappa shape index (κ1) is 10.8. The van der Waals surface area contributed by atoms with Crippen LogP contribution in [-0.4, -0.2) is 22.2 Å². The molecule has 0 amide bonds. The molecule has 14 heavy (non-hydrogen) atoms. The Labute approximate surface area is 84.2 Å². The lowest BCUT2D eigenvalue weighted by molar-refractivity contribution is 0.0944. The van der Waals surface area contributed by atoms with E-state index in [4.69, 9.17) is 5.73 Å². The van der Waals surface area contributed by atoms with E-state index in [-0.39, 0.29) is 0 Å². The van der Waals surface area contributed by atoms with Gasteiger partial charge in [0.15, 0.2) is 0 Å². The molecule has 4 heteroatoms. The Hall–Kier alpha value is -1.29. The number of nitrogens with two attached hydrogens (primary N) is 1. The maximum Gasteiger partial charge on any atom is 0.149 e. The van der Waals surface area contributed by atoms with Crippen molar-refractivity contribution in [2.45, 2.75) is 26.4 Å². The van der Waals surface area contributed by atoms with Crippen molar-refractivity contribution in [3.8, 4) is 0 Å². The van der Waals surface area contributed by atoms with E-state index in [1.165, 1.54) is 0 Å². The van der Waals surface area contributed by atoms with Crippen molar-refractivity contribution in [2.75, 3.05) is 17.6 Å². The van der Waals surface area contributed by atoms with Gasteiger partial charge in [0, 0.05) is 12.7 Å². The van der Waals surface area contributed by atoms with Gasteiger partial charge in [0.1, 0.15) is 5.82 Å². The number of rotatable bonds is 3. The summed E-state index contributed by atoms with van der Waals surface area (Å²) in [5, 5.41) is 12.5. The highest BCUT2D eigenvalue weighted by Gasteiger charge is 2.13. The largest absolute Gasteiger partial charge is 0.396 e. The van der Waals surface area contributed by atoms with Crippen LogP contribution in [0.2, 0.25) is 0 Å². The predicted octanol–water partition coefficient (Wildman–Crippen LogP) is 1.16. The third kappa shape index (κ3) is 2.88. The van der Waals surface area contributed by atoms with E-state index in [2.05, 4.69) is 10.3 Å². The van der Waals surface area contributed by atoms with Crippen LogP contribution in [0.15, 0.2) is 12.3 Å². The number of nitrogen functional groups attached to an aromatic ring is 1. The molecule has 1 aromatic heterocycles. The summed E-state index contributed by atoms with van der Waals surface area (Å²) in [5.74, 6) is 0.632. The third-order valence-corrected chi connectivity index (χ3v) is 1.90. The summed E-state index contributed by atoms with van der Waals surface area (Å²) in [4.78, 5) is 4.09. The lowest BCUT2D eigenvalue weighted by Gasteiger charge is -2.19. The second-order valence-corrected chi connectivity index (χ2v) is 4.06. The summed E-state index contributed by atoms with van der Waals surface area (Å²) >= 11 is 0. The molecular weight excluding hydrogens is 178 g/mol. The molecule has 0 radical (unpaired) electrons. The second-order valence-electron chi connectivity index (χ2n) is 4.06. The van der Waals surface area contributed by atoms with Crippen LogP contribution in [0, 0.1) is 6.92 Å². The molecule has 0 fully saturated rings. The first-order chi connectivity index (χ1) is 6.40. The molecule has 0 spiro atoms. The molecule has 0 aliphatic rings. The van der Waals surface area contributed by atoms with Gasteiger partial charge >= 0.3 is 0 Å². The van der Waals surface area contributed by atoms with E-state index < -0.39 is 5.60 Å². The maximum atomic E-state index is 9.51. The van der Waals surface area contributed by atoms with E-state index in [1.54, 1.807) is 20.0 Å². The van der Waals surface area contributed by atoms with Gasteiger partial charge in [0.2, 0.25) is 0 Å². The van der Waals surface area contributed by atoms with Crippen LogP contribution in [0.1, 0.15) is 19.4 Å². The Balaban J connectivity index is 2.73. The van der Waals surface area contributed by atoms with Crippen LogP contribution in [0.5, 0.6) is 0 Å². The summed E-state index contributed by atoms with van der Waals surface area (Å²) in [7, 11) is 0. The quantitative estimate of drug-likeness (QED) is 0.676. The summed E-state index contributed by atoms with van der Waals surface area (Å²) in [6, 6.07) is 1.85. The number of pyridine rings is 1. The standard InChI is InChI=1S/C10H17N3O/c1-7-4-5-12-9(8(7)11)13-6-10(2,3)14/h4-5,14H,6,11H2,1-3H3,(H,12,13). The van der Waals surface area contributed by atoms with Crippen molar-refractivity contribution in [1.29, 1.82) is 0 Å². The number of aromatic nitrogens is 1. The number of hydrogen-bond donors (Lipinski definition) is 3. The highest BCUT2D eigenvalue weighted by molar-refractivity contribution is 5.64. The van der Waals surface area contributed by atoms with Crippen molar-refractivity contribution in [3.63, 3.8) is 0 Å². The fourth-order valence-electron chi connectivity index (χ4n) is 1.01. The Bertz CT molecular complexity index is 318. The van der Waals surface area contributed by atoms with E-state index in [9.17, 15) is 5.11 Å². The molecule has 0 saturated heterocycles. The van der Waals surface area contributed by atoms with E-state index in [0.717, 1.165) is 5.56 Å². The fourth-order valence-corrected chi connectivity index (χ4v) is 1.01. The first-order valence-corrected chi connectivity index (χ1v) is 4.57. The molecule has 78 valence electrons. The zero-order valence-corrected chi connectivity index (χ0v) is 8.83. The van der Waals surface area contributed by atoms with Crippen LogP contribution < -0.4 is 11.1 Å². The highest BCUT2D eigenvalue weighted by Crippen LogP contribution is 2.19. The molecule has 0 saturated carbocycles. The number of anilines is 2. The van der Waals surface area contributed by atoms with Gasteiger partial charge in [-0.15, -0.1) is 0 Å².